The van der Waals surface area contributed by atoms with Crippen LogP contribution in [-0.4, -0.2) is 70.1 Å². The number of rotatable bonds is 7. The van der Waals surface area contributed by atoms with Crippen LogP contribution in [0.3, 0.4) is 0 Å². The number of nitrogens with zero attached hydrogens (tertiary/aromatic N) is 5. The van der Waals surface area contributed by atoms with E-state index < -0.39 is 0 Å². The first-order chi connectivity index (χ1) is 14.1. The molecule has 1 amide bonds. The molecule has 0 spiro atoms. The molecule has 4 heterocycles. The molecule has 2 aliphatic heterocycles. The highest BCUT2D eigenvalue weighted by molar-refractivity contribution is 8.00. The second-order valence-electron chi connectivity index (χ2n) is 7.20. The minimum atomic E-state index is -0.378. The fourth-order valence-electron chi connectivity index (χ4n) is 3.38. The number of ether oxygens (including phenoxy) is 2. The normalized spacial score (nSPS) is 20.8. The standard InChI is InChI=1S/C18H26N6O4S/c1-12-10-15(22-28-12)19-16(25)13(2)29-18-21-20-17(23-5-8-26-9-6-23)24(18)11-14-4-3-7-27-14/h10,13-14H,3-9,11H2,1-2H3,(H,19,22,25). The number of anilines is 2. The summed E-state index contributed by atoms with van der Waals surface area (Å²) in [5, 5.41) is 15.7. The van der Waals surface area contributed by atoms with Crippen LogP contribution in [0.2, 0.25) is 0 Å². The van der Waals surface area contributed by atoms with E-state index in [1.165, 1.54) is 11.8 Å². The first-order valence-corrected chi connectivity index (χ1v) is 10.8. The van der Waals surface area contributed by atoms with Crippen LogP contribution in [0.5, 0.6) is 0 Å². The van der Waals surface area contributed by atoms with Crippen LogP contribution in [0.25, 0.3) is 0 Å². The highest BCUT2D eigenvalue weighted by Gasteiger charge is 2.27. The average molecular weight is 423 g/mol. The first-order valence-electron chi connectivity index (χ1n) is 9.88. The Balaban J connectivity index is 1.48. The molecule has 0 radical (unpaired) electrons. The Kier molecular flexibility index (Phi) is 6.36. The van der Waals surface area contributed by atoms with Gasteiger partial charge in [0.05, 0.1) is 31.1 Å². The average Bonchev–Trinajstić information content (AvgIpc) is 3.46. The van der Waals surface area contributed by atoms with Crippen LogP contribution in [0.15, 0.2) is 15.7 Å². The number of hydrogen-bond acceptors (Lipinski definition) is 9. The number of aromatic nitrogens is 4. The molecule has 158 valence electrons. The number of thioether (sulfide) groups is 1. The summed E-state index contributed by atoms with van der Waals surface area (Å²) in [6, 6.07) is 1.69. The smallest absolute Gasteiger partial charge is 0.238 e. The van der Waals surface area contributed by atoms with Crippen molar-refractivity contribution in [3.63, 3.8) is 0 Å². The minimum absolute atomic E-state index is 0.146. The molecule has 1 N–H and O–H groups in total. The van der Waals surface area contributed by atoms with E-state index in [4.69, 9.17) is 14.0 Å². The second-order valence-corrected chi connectivity index (χ2v) is 8.51. The molecule has 0 aromatic carbocycles. The van der Waals surface area contributed by atoms with Crippen molar-refractivity contribution in [2.45, 2.75) is 49.7 Å². The molecule has 2 atom stereocenters. The zero-order chi connectivity index (χ0) is 20.2. The van der Waals surface area contributed by atoms with Crippen LogP contribution in [0, 0.1) is 6.92 Å². The number of carbonyl (C=O) groups excluding carboxylic acids is 1. The van der Waals surface area contributed by atoms with Gasteiger partial charge in [-0.15, -0.1) is 10.2 Å². The van der Waals surface area contributed by atoms with Crippen LogP contribution in [0.4, 0.5) is 11.8 Å². The van der Waals surface area contributed by atoms with Crippen LogP contribution in [-0.2, 0) is 20.8 Å². The second kappa shape index (κ2) is 9.14. The van der Waals surface area contributed by atoms with Gasteiger partial charge in [0, 0.05) is 25.8 Å². The monoisotopic (exact) mass is 422 g/mol. The third-order valence-corrected chi connectivity index (χ3v) is 6.01. The lowest BCUT2D eigenvalue weighted by Crippen LogP contribution is -2.38. The van der Waals surface area contributed by atoms with Crippen LogP contribution < -0.4 is 10.2 Å². The summed E-state index contributed by atoms with van der Waals surface area (Å²) in [5.74, 6) is 1.70. The quantitative estimate of drug-likeness (QED) is 0.667. The molecule has 2 aromatic heterocycles. The number of nitrogens with one attached hydrogen (secondary N) is 1. The predicted molar refractivity (Wildman–Crippen MR) is 107 cm³/mol. The fourth-order valence-corrected chi connectivity index (χ4v) is 4.24. The van der Waals surface area contributed by atoms with E-state index in [2.05, 4.69) is 30.1 Å². The van der Waals surface area contributed by atoms with E-state index in [1.807, 2.05) is 6.92 Å². The Morgan fingerprint density at radius 1 is 1.34 bits per heavy atom. The Morgan fingerprint density at radius 3 is 2.86 bits per heavy atom. The Labute approximate surface area is 173 Å². The molecular formula is C18H26N6O4S. The van der Waals surface area contributed by atoms with Crippen LogP contribution in [0.1, 0.15) is 25.5 Å². The maximum atomic E-state index is 12.6. The maximum absolute atomic E-state index is 12.6. The molecule has 2 aliphatic rings. The van der Waals surface area contributed by atoms with E-state index in [9.17, 15) is 4.79 Å². The van der Waals surface area contributed by atoms with Crippen molar-refractivity contribution in [3.05, 3.63) is 11.8 Å². The highest BCUT2D eigenvalue weighted by atomic mass is 32.2. The Hall–Kier alpha value is -2.11. The largest absolute Gasteiger partial charge is 0.378 e. The molecule has 0 aliphatic carbocycles. The van der Waals surface area contributed by atoms with Crippen molar-refractivity contribution in [1.82, 2.24) is 19.9 Å². The lowest BCUT2D eigenvalue weighted by molar-refractivity contribution is -0.115. The number of amides is 1. The van der Waals surface area contributed by atoms with Crippen molar-refractivity contribution < 1.29 is 18.8 Å². The van der Waals surface area contributed by atoms with Gasteiger partial charge in [0.2, 0.25) is 11.9 Å². The number of morpholine rings is 1. The molecule has 29 heavy (non-hydrogen) atoms. The van der Waals surface area contributed by atoms with E-state index in [0.717, 1.165) is 38.5 Å². The van der Waals surface area contributed by atoms with Gasteiger partial charge in [-0.25, -0.2) is 0 Å². The molecule has 2 saturated heterocycles. The summed E-state index contributed by atoms with van der Waals surface area (Å²) in [6.45, 7) is 7.98. The lowest BCUT2D eigenvalue weighted by Gasteiger charge is -2.28. The van der Waals surface area contributed by atoms with E-state index in [0.29, 0.717) is 36.5 Å². The fraction of sp³-hybridized carbons (Fsp3) is 0.667. The van der Waals surface area contributed by atoms with Gasteiger partial charge in [0.15, 0.2) is 11.0 Å². The van der Waals surface area contributed by atoms with Gasteiger partial charge in [-0.2, -0.15) is 0 Å². The SMILES string of the molecule is Cc1cc(NC(=O)C(C)Sc2nnc(N3CCOCC3)n2CC2CCCO2)no1. The van der Waals surface area contributed by atoms with Crippen LogP contribution >= 0.6 is 11.8 Å². The molecule has 2 aromatic rings. The molecule has 2 unspecified atom stereocenters. The van der Waals surface area contributed by atoms with E-state index in [1.54, 1.807) is 13.0 Å². The van der Waals surface area contributed by atoms with Gasteiger partial charge in [-0.3, -0.25) is 9.36 Å². The lowest BCUT2D eigenvalue weighted by atomic mass is 10.2. The summed E-state index contributed by atoms with van der Waals surface area (Å²) >= 11 is 1.38. The molecule has 0 saturated carbocycles. The number of hydrogen-bond donors (Lipinski definition) is 1. The molecule has 11 heteroatoms. The zero-order valence-electron chi connectivity index (χ0n) is 16.7. The Morgan fingerprint density at radius 2 is 2.17 bits per heavy atom. The van der Waals surface area contributed by atoms with Crippen molar-refractivity contribution in [2.24, 2.45) is 0 Å². The van der Waals surface area contributed by atoms with Gasteiger partial charge in [-0.05, 0) is 26.7 Å². The summed E-state index contributed by atoms with van der Waals surface area (Å²) < 4.78 is 18.4. The topological polar surface area (TPSA) is 108 Å². The van der Waals surface area contributed by atoms with Gasteiger partial charge >= 0.3 is 0 Å². The van der Waals surface area contributed by atoms with E-state index in [-0.39, 0.29) is 17.3 Å². The van der Waals surface area contributed by atoms with Gasteiger partial charge < -0.3 is 24.2 Å². The minimum Gasteiger partial charge on any atom is -0.378 e. The molecule has 10 nitrogen and oxygen atoms in total. The van der Waals surface area contributed by atoms with E-state index >= 15 is 0 Å². The molecular weight excluding hydrogens is 396 g/mol. The summed E-state index contributed by atoms with van der Waals surface area (Å²) in [6.07, 6.45) is 2.23. The van der Waals surface area contributed by atoms with Gasteiger partial charge in [0.25, 0.3) is 0 Å². The van der Waals surface area contributed by atoms with Gasteiger partial charge in [-0.1, -0.05) is 16.9 Å². The zero-order valence-corrected chi connectivity index (χ0v) is 17.5. The van der Waals surface area contributed by atoms with Crippen molar-refractivity contribution in [3.8, 4) is 0 Å². The van der Waals surface area contributed by atoms with Gasteiger partial charge in [0.1, 0.15) is 5.76 Å². The van der Waals surface area contributed by atoms with Crippen molar-refractivity contribution in [1.29, 1.82) is 0 Å². The summed E-state index contributed by atoms with van der Waals surface area (Å²) in [4.78, 5) is 14.7. The van der Waals surface area contributed by atoms with Crippen molar-refractivity contribution >= 4 is 29.4 Å². The summed E-state index contributed by atoms with van der Waals surface area (Å²) in [5.41, 5.74) is 0. The molecule has 4 rings (SSSR count). The van der Waals surface area contributed by atoms with Crippen molar-refractivity contribution in [2.75, 3.05) is 43.1 Å². The number of carbonyl (C=O) groups is 1. The number of aryl methyl sites for hydroxylation is 1. The summed E-state index contributed by atoms with van der Waals surface area (Å²) in [7, 11) is 0. The molecule has 2 fully saturated rings. The third-order valence-electron chi connectivity index (χ3n) is 4.93. The highest BCUT2D eigenvalue weighted by Crippen LogP contribution is 2.28. The predicted octanol–water partition coefficient (Wildman–Crippen LogP) is 1.71. The third kappa shape index (κ3) is 4.90. The first kappa shape index (κ1) is 20.2. The Bertz CT molecular complexity index is 828. The molecule has 0 bridgehead atoms. The maximum Gasteiger partial charge on any atom is 0.238 e.